The summed E-state index contributed by atoms with van der Waals surface area (Å²) in [6, 6.07) is 3.95. The first kappa shape index (κ1) is 24.8. The summed E-state index contributed by atoms with van der Waals surface area (Å²) in [6.45, 7) is 5.10. The number of aromatic nitrogens is 2. The molecule has 1 saturated heterocycles. The van der Waals surface area contributed by atoms with Crippen molar-refractivity contribution in [2.45, 2.75) is 39.0 Å². The molecule has 0 aromatic carbocycles. The minimum Gasteiger partial charge on any atom is -0.356 e. The van der Waals surface area contributed by atoms with Crippen LogP contribution in [-0.2, 0) is 11.2 Å². The van der Waals surface area contributed by atoms with Gasteiger partial charge in [-0.2, -0.15) is 0 Å². The first-order valence-electron chi connectivity index (χ1n) is 9.54. The zero-order valence-electron chi connectivity index (χ0n) is 16.2. The number of carbonyl (C=O) groups is 1. The topological polar surface area (TPSA) is 66.9 Å². The molecule has 156 valence electrons. The molecule has 28 heavy (non-hydrogen) atoms. The van der Waals surface area contributed by atoms with Crippen molar-refractivity contribution in [3.05, 3.63) is 34.9 Å². The van der Waals surface area contributed by atoms with Crippen molar-refractivity contribution in [2.24, 2.45) is 11.8 Å². The standard InChI is InChI=1S/C20H28N4OS.2ClH/c1-15(17-4-2-8-22-13-17)12-19(25)23-9-3-5-20-24-18(14-26-20)16-6-10-21-11-7-16;;/h6-7,10-11,14-15,17,22H,2-5,8-9,12-13H2,1H3,(H,23,25);2*1H. The normalized spacial score (nSPS) is 17.1. The molecule has 0 bridgehead atoms. The van der Waals surface area contributed by atoms with Crippen molar-refractivity contribution in [1.82, 2.24) is 20.6 Å². The third-order valence-corrected chi connectivity index (χ3v) is 5.97. The van der Waals surface area contributed by atoms with Crippen LogP contribution in [0.2, 0.25) is 0 Å². The largest absolute Gasteiger partial charge is 0.356 e. The molecule has 5 nitrogen and oxygen atoms in total. The lowest BCUT2D eigenvalue weighted by Gasteiger charge is -2.28. The van der Waals surface area contributed by atoms with Crippen LogP contribution in [0.1, 0.15) is 37.6 Å². The Morgan fingerprint density at radius 1 is 1.36 bits per heavy atom. The van der Waals surface area contributed by atoms with E-state index >= 15 is 0 Å². The van der Waals surface area contributed by atoms with Crippen LogP contribution in [0.25, 0.3) is 11.3 Å². The molecular formula is C20H30Cl2N4OS. The Balaban J connectivity index is 0.00000196. The Labute approximate surface area is 184 Å². The maximum Gasteiger partial charge on any atom is 0.220 e. The zero-order chi connectivity index (χ0) is 18.2. The van der Waals surface area contributed by atoms with E-state index in [2.05, 4.69) is 32.9 Å². The SMILES string of the molecule is CC(CC(=O)NCCCc1nc(-c2ccncc2)cs1)C1CCCNC1.Cl.Cl. The van der Waals surface area contributed by atoms with Crippen molar-refractivity contribution < 1.29 is 4.79 Å². The van der Waals surface area contributed by atoms with Gasteiger partial charge >= 0.3 is 0 Å². The number of piperidine rings is 1. The second kappa shape index (κ2) is 13.1. The summed E-state index contributed by atoms with van der Waals surface area (Å²) in [6.07, 6.45) is 8.50. The summed E-state index contributed by atoms with van der Waals surface area (Å²) in [5.74, 6) is 1.26. The van der Waals surface area contributed by atoms with Gasteiger partial charge in [-0.25, -0.2) is 4.98 Å². The van der Waals surface area contributed by atoms with E-state index in [9.17, 15) is 4.79 Å². The van der Waals surface area contributed by atoms with Crippen LogP contribution in [0.15, 0.2) is 29.9 Å². The average molecular weight is 445 g/mol. The number of halogens is 2. The Morgan fingerprint density at radius 3 is 2.86 bits per heavy atom. The summed E-state index contributed by atoms with van der Waals surface area (Å²) in [7, 11) is 0. The molecule has 3 heterocycles. The van der Waals surface area contributed by atoms with Crippen LogP contribution in [0, 0.1) is 11.8 Å². The van der Waals surface area contributed by atoms with E-state index in [0.29, 0.717) is 18.3 Å². The second-order valence-corrected chi connectivity index (χ2v) is 8.05. The van der Waals surface area contributed by atoms with Gasteiger partial charge in [-0.3, -0.25) is 9.78 Å². The van der Waals surface area contributed by atoms with E-state index in [1.165, 1.54) is 12.8 Å². The van der Waals surface area contributed by atoms with E-state index in [-0.39, 0.29) is 30.7 Å². The summed E-state index contributed by atoms with van der Waals surface area (Å²) in [4.78, 5) is 20.9. The minimum atomic E-state index is 0. The molecule has 3 rings (SSSR count). The smallest absolute Gasteiger partial charge is 0.220 e. The Bertz CT molecular complexity index is 693. The number of amides is 1. The summed E-state index contributed by atoms with van der Waals surface area (Å²) >= 11 is 1.68. The fourth-order valence-electron chi connectivity index (χ4n) is 3.44. The zero-order valence-corrected chi connectivity index (χ0v) is 18.7. The van der Waals surface area contributed by atoms with Crippen LogP contribution in [-0.4, -0.2) is 35.5 Å². The minimum absolute atomic E-state index is 0. The van der Waals surface area contributed by atoms with Gasteiger partial charge in [0.2, 0.25) is 5.91 Å². The number of aryl methyl sites for hydroxylation is 1. The first-order valence-corrected chi connectivity index (χ1v) is 10.4. The lowest BCUT2D eigenvalue weighted by Crippen LogP contribution is -2.35. The molecule has 0 spiro atoms. The number of hydrogen-bond acceptors (Lipinski definition) is 5. The van der Waals surface area contributed by atoms with Gasteiger partial charge in [-0.1, -0.05) is 6.92 Å². The maximum atomic E-state index is 12.1. The molecule has 1 aliphatic rings. The highest BCUT2D eigenvalue weighted by Gasteiger charge is 2.21. The molecule has 0 aliphatic carbocycles. The quantitative estimate of drug-likeness (QED) is 0.600. The predicted octanol–water partition coefficient (Wildman–Crippen LogP) is 4.12. The Kier molecular flexibility index (Phi) is 11.6. The van der Waals surface area contributed by atoms with Gasteiger partial charge in [0.1, 0.15) is 0 Å². The van der Waals surface area contributed by atoms with E-state index in [1.54, 1.807) is 23.7 Å². The second-order valence-electron chi connectivity index (χ2n) is 7.10. The number of rotatable bonds is 8. The lowest BCUT2D eigenvalue weighted by atomic mass is 9.85. The van der Waals surface area contributed by atoms with E-state index in [4.69, 9.17) is 0 Å². The molecule has 2 unspecified atom stereocenters. The molecule has 0 saturated carbocycles. The van der Waals surface area contributed by atoms with Gasteiger partial charge in [-0.05, 0) is 56.3 Å². The molecule has 8 heteroatoms. The number of hydrogen-bond donors (Lipinski definition) is 2. The van der Waals surface area contributed by atoms with Gasteiger partial charge in [-0.15, -0.1) is 36.2 Å². The van der Waals surface area contributed by atoms with E-state index in [1.807, 2.05) is 12.1 Å². The average Bonchev–Trinajstić information content (AvgIpc) is 3.15. The Morgan fingerprint density at radius 2 is 2.14 bits per heavy atom. The molecule has 1 aliphatic heterocycles. The van der Waals surface area contributed by atoms with Crippen molar-refractivity contribution in [3.8, 4) is 11.3 Å². The lowest BCUT2D eigenvalue weighted by molar-refractivity contribution is -0.122. The van der Waals surface area contributed by atoms with Gasteiger partial charge in [0.15, 0.2) is 0 Å². The van der Waals surface area contributed by atoms with Crippen molar-refractivity contribution >= 4 is 42.1 Å². The van der Waals surface area contributed by atoms with Gasteiger partial charge < -0.3 is 10.6 Å². The highest BCUT2D eigenvalue weighted by Crippen LogP contribution is 2.23. The van der Waals surface area contributed by atoms with Gasteiger partial charge in [0, 0.05) is 42.7 Å². The van der Waals surface area contributed by atoms with Gasteiger partial charge in [0.25, 0.3) is 0 Å². The fraction of sp³-hybridized carbons (Fsp3) is 0.550. The molecule has 2 aromatic heterocycles. The first-order chi connectivity index (χ1) is 12.7. The molecule has 2 atom stereocenters. The molecular weight excluding hydrogens is 415 g/mol. The molecule has 2 N–H and O–H groups in total. The van der Waals surface area contributed by atoms with Crippen LogP contribution >= 0.6 is 36.2 Å². The monoisotopic (exact) mass is 444 g/mol. The maximum absolute atomic E-state index is 12.1. The Hall–Kier alpha value is -1.21. The third kappa shape index (κ3) is 7.66. The summed E-state index contributed by atoms with van der Waals surface area (Å²) in [5.41, 5.74) is 2.10. The van der Waals surface area contributed by atoms with Crippen molar-refractivity contribution in [3.63, 3.8) is 0 Å². The van der Waals surface area contributed by atoms with E-state index < -0.39 is 0 Å². The number of thiazole rings is 1. The van der Waals surface area contributed by atoms with Crippen LogP contribution in [0.4, 0.5) is 0 Å². The molecule has 0 radical (unpaired) electrons. The summed E-state index contributed by atoms with van der Waals surface area (Å²) < 4.78 is 0. The number of pyridine rings is 1. The van der Waals surface area contributed by atoms with Crippen LogP contribution in [0.3, 0.4) is 0 Å². The van der Waals surface area contributed by atoms with Crippen molar-refractivity contribution in [1.29, 1.82) is 0 Å². The highest BCUT2D eigenvalue weighted by atomic mass is 35.5. The number of nitrogens with zero attached hydrogens (tertiary/aromatic N) is 2. The van der Waals surface area contributed by atoms with E-state index in [0.717, 1.165) is 48.7 Å². The fourth-order valence-corrected chi connectivity index (χ4v) is 4.29. The molecule has 1 amide bonds. The van der Waals surface area contributed by atoms with Gasteiger partial charge in [0.05, 0.1) is 10.7 Å². The third-order valence-electron chi connectivity index (χ3n) is 5.06. The summed E-state index contributed by atoms with van der Waals surface area (Å²) in [5, 5.41) is 9.71. The molecule has 2 aromatic rings. The van der Waals surface area contributed by atoms with Crippen LogP contribution in [0.5, 0.6) is 0 Å². The van der Waals surface area contributed by atoms with Crippen LogP contribution < -0.4 is 10.6 Å². The molecule has 1 fully saturated rings. The predicted molar refractivity (Wildman–Crippen MR) is 121 cm³/mol. The highest BCUT2D eigenvalue weighted by molar-refractivity contribution is 7.09. The number of nitrogens with one attached hydrogen (secondary N) is 2. The number of carbonyl (C=O) groups excluding carboxylic acids is 1. The van der Waals surface area contributed by atoms with Crippen molar-refractivity contribution in [2.75, 3.05) is 19.6 Å².